The van der Waals surface area contributed by atoms with Gasteiger partial charge in [-0.25, -0.2) is 13.2 Å². The molecule has 1 atom stereocenters. The van der Waals surface area contributed by atoms with E-state index in [9.17, 15) is 22.8 Å². The van der Waals surface area contributed by atoms with Crippen LogP contribution >= 0.6 is 0 Å². The van der Waals surface area contributed by atoms with Crippen LogP contribution in [0, 0.1) is 23.4 Å². The number of rotatable bonds is 5. The van der Waals surface area contributed by atoms with Gasteiger partial charge >= 0.3 is 5.97 Å². The highest BCUT2D eigenvalue weighted by atomic mass is 19.2. The van der Waals surface area contributed by atoms with E-state index in [1.165, 1.54) is 12.0 Å². The Hall–Kier alpha value is -2.05. The van der Waals surface area contributed by atoms with Crippen molar-refractivity contribution in [2.75, 3.05) is 13.7 Å². The molecule has 1 aliphatic rings. The SMILES string of the molecule is COC(=O)C(C)CN(C(=O)c1ccc(F)c(F)c1F)C1CCCC1. The van der Waals surface area contributed by atoms with E-state index in [-0.39, 0.29) is 12.6 Å². The Balaban J connectivity index is 2.30. The van der Waals surface area contributed by atoms with Crippen LogP contribution in [0.5, 0.6) is 0 Å². The quantitative estimate of drug-likeness (QED) is 0.609. The van der Waals surface area contributed by atoms with Crippen LogP contribution in [-0.4, -0.2) is 36.5 Å². The second-order valence-corrected chi connectivity index (χ2v) is 6.04. The molecule has 4 nitrogen and oxygen atoms in total. The van der Waals surface area contributed by atoms with E-state index in [4.69, 9.17) is 0 Å². The lowest BCUT2D eigenvalue weighted by Crippen LogP contribution is -2.43. The molecule has 0 spiro atoms. The van der Waals surface area contributed by atoms with Gasteiger partial charge in [-0.1, -0.05) is 19.8 Å². The maximum Gasteiger partial charge on any atom is 0.310 e. The number of benzene rings is 1. The molecule has 0 N–H and O–H groups in total. The van der Waals surface area contributed by atoms with Crippen LogP contribution in [-0.2, 0) is 9.53 Å². The van der Waals surface area contributed by atoms with Crippen molar-refractivity contribution < 1.29 is 27.5 Å². The third-order valence-electron chi connectivity index (χ3n) is 4.37. The van der Waals surface area contributed by atoms with E-state index >= 15 is 0 Å². The van der Waals surface area contributed by atoms with Crippen molar-refractivity contribution in [1.82, 2.24) is 4.90 Å². The average Bonchev–Trinajstić information content (AvgIpc) is 3.10. The number of carbonyl (C=O) groups excluding carboxylic acids is 2. The Morgan fingerprint density at radius 2 is 1.83 bits per heavy atom. The van der Waals surface area contributed by atoms with Gasteiger partial charge in [0, 0.05) is 12.6 Å². The minimum Gasteiger partial charge on any atom is -0.469 e. The van der Waals surface area contributed by atoms with Gasteiger partial charge in [-0.05, 0) is 25.0 Å². The summed E-state index contributed by atoms with van der Waals surface area (Å²) in [7, 11) is 1.25. The summed E-state index contributed by atoms with van der Waals surface area (Å²) >= 11 is 0. The van der Waals surface area contributed by atoms with Crippen LogP contribution in [0.2, 0.25) is 0 Å². The number of amides is 1. The minimum absolute atomic E-state index is 0.0363. The first-order valence-corrected chi connectivity index (χ1v) is 7.89. The number of nitrogens with zero attached hydrogens (tertiary/aromatic N) is 1. The Morgan fingerprint density at radius 3 is 2.42 bits per heavy atom. The summed E-state index contributed by atoms with van der Waals surface area (Å²) in [6.07, 6.45) is 3.29. The molecule has 1 aromatic rings. The second kappa shape index (κ2) is 7.68. The molecule has 24 heavy (non-hydrogen) atoms. The van der Waals surface area contributed by atoms with Gasteiger partial charge in [-0.3, -0.25) is 9.59 Å². The van der Waals surface area contributed by atoms with Crippen LogP contribution < -0.4 is 0 Å². The summed E-state index contributed by atoms with van der Waals surface area (Å²) in [5.74, 6) is -6.36. The molecule has 1 saturated carbocycles. The number of carbonyl (C=O) groups is 2. The monoisotopic (exact) mass is 343 g/mol. The lowest BCUT2D eigenvalue weighted by atomic mass is 10.1. The third-order valence-corrected chi connectivity index (χ3v) is 4.37. The molecule has 132 valence electrons. The normalized spacial score (nSPS) is 16.0. The molecule has 0 bridgehead atoms. The van der Waals surface area contributed by atoms with Crippen molar-refractivity contribution in [1.29, 1.82) is 0 Å². The van der Waals surface area contributed by atoms with Crippen molar-refractivity contribution in [3.63, 3.8) is 0 Å². The Bertz CT molecular complexity index is 630. The maximum absolute atomic E-state index is 14.0. The predicted molar refractivity (Wildman–Crippen MR) is 80.8 cm³/mol. The van der Waals surface area contributed by atoms with Gasteiger partial charge in [-0.15, -0.1) is 0 Å². The second-order valence-electron chi connectivity index (χ2n) is 6.04. The standard InChI is InChI=1S/C17H20F3NO3/c1-10(17(23)24-2)9-21(11-5-3-4-6-11)16(22)12-7-8-13(18)15(20)14(12)19/h7-8,10-11H,3-6,9H2,1-2H3. The molecular formula is C17H20F3NO3. The highest BCUT2D eigenvalue weighted by Crippen LogP contribution is 2.27. The fourth-order valence-corrected chi connectivity index (χ4v) is 3.03. The summed E-state index contributed by atoms with van der Waals surface area (Å²) in [5, 5.41) is 0. The van der Waals surface area contributed by atoms with Crippen molar-refractivity contribution in [2.45, 2.75) is 38.6 Å². The first kappa shape index (κ1) is 18.3. The maximum atomic E-state index is 14.0. The van der Waals surface area contributed by atoms with E-state index < -0.39 is 40.8 Å². The summed E-state index contributed by atoms with van der Waals surface area (Å²) in [5.41, 5.74) is -0.530. The highest BCUT2D eigenvalue weighted by Gasteiger charge is 2.32. The fourth-order valence-electron chi connectivity index (χ4n) is 3.03. The van der Waals surface area contributed by atoms with Gasteiger partial charge < -0.3 is 9.64 Å². The van der Waals surface area contributed by atoms with E-state index in [1.807, 2.05) is 0 Å². The largest absolute Gasteiger partial charge is 0.469 e. The summed E-state index contributed by atoms with van der Waals surface area (Å²) < 4.78 is 45.2. The molecule has 1 fully saturated rings. The predicted octanol–water partition coefficient (Wildman–Crippen LogP) is 3.30. The molecule has 1 unspecified atom stereocenters. The molecule has 0 aliphatic heterocycles. The highest BCUT2D eigenvalue weighted by molar-refractivity contribution is 5.95. The van der Waals surface area contributed by atoms with Crippen molar-refractivity contribution >= 4 is 11.9 Å². The Morgan fingerprint density at radius 1 is 1.21 bits per heavy atom. The molecule has 0 saturated heterocycles. The topological polar surface area (TPSA) is 46.6 Å². The lowest BCUT2D eigenvalue weighted by Gasteiger charge is -2.31. The summed E-state index contributed by atoms with van der Waals surface area (Å²) in [6.45, 7) is 1.64. The van der Waals surface area contributed by atoms with Crippen LogP contribution in [0.1, 0.15) is 43.0 Å². The van der Waals surface area contributed by atoms with Crippen LogP contribution in [0.15, 0.2) is 12.1 Å². The van der Waals surface area contributed by atoms with Gasteiger partial charge in [0.25, 0.3) is 5.91 Å². The van der Waals surface area contributed by atoms with E-state index in [1.54, 1.807) is 6.92 Å². The van der Waals surface area contributed by atoms with E-state index in [0.29, 0.717) is 0 Å². The number of ether oxygens (including phenoxy) is 1. The lowest BCUT2D eigenvalue weighted by molar-refractivity contribution is -0.145. The zero-order valence-corrected chi connectivity index (χ0v) is 13.7. The zero-order valence-electron chi connectivity index (χ0n) is 13.7. The molecule has 2 rings (SSSR count). The number of hydrogen-bond acceptors (Lipinski definition) is 3. The molecule has 0 radical (unpaired) electrons. The Kier molecular flexibility index (Phi) is 5.85. The smallest absolute Gasteiger partial charge is 0.310 e. The molecule has 7 heteroatoms. The van der Waals surface area contributed by atoms with E-state index in [2.05, 4.69) is 4.74 Å². The number of esters is 1. The summed E-state index contributed by atoms with van der Waals surface area (Å²) in [4.78, 5) is 25.7. The molecule has 1 aromatic carbocycles. The number of halogens is 3. The van der Waals surface area contributed by atoms with Crippen LogP contribution in [0.25, 0.3) is 0 Å². The first-order valence-electron chi connectivity index (χ1n) is 7.89. The van der Waals surface area contributed by atoms with Crippen molar-refractivity contribution in [3.8, 4) is 0 Å². The van der Waals surface area contributed by atoms with E-state index in [0.717, 1.165) is 37.8 Å². The van der Waals surface area contributed by atoms with Gasteiger partial charge in [0.2, 0.25) is 0 Å². The number of hydrogen-bond donors (Lipinski definition) is 0. The molecule has 0 heterocycles. The van der Waals surface area contributed by atoms with Crippen LogP contribution in [0.4, 0.5) is 13.2 Å². The van der Waals surface area contributed by atoms with Gasteiger partial charge in [0.05, 0.1) is 18.6 Å². The minimum atomic E-state index is -1.67. The van der Waals surface area contributed by atoms with Crippen molar-refractivity contribution in [2.24, 2.45) is 5.92 Å². The third kappa shape index (κ3) is 3.71. The average molecular weight is 343 g/mol. The van der Waals surface area contributed by atoms with Crippen molar-refractivity contribution in [3.05, 3.63) is 35.1 Å². The number of methoxy groups -OCH3 is 1. The zero-order chi connectivity index (χ0) is 17.9. The molecule has 0 aromatic heterocycles. The fraction of sp³-hybridized carbons (Fsp3) is 0.529. The van der Waals surface area contributed by atoms with Gasteiger partial charge in [-0.2, -0.15) is 0 Å². The first-order chi connectivity index (χ1) is 11.4. The molecule has 1 amide bonds. The summed E-state index contributed by atoms with van der Waals surface area (Å²) in [6, 6.07) is 1.50. The van der Waals surface area contributed by atoms with Gasteiger partial charge in [0.1, 0.15) is 0 Å². The Labute approximate surface area is 138 Å². The molecule has 1 aliphatic carbocycles. The van der Waals surface area contributed by atoms with Gasteiger partial charge in [0.15, 0.2) is 17.5 Å². The molecular weight excluding hydrogens is 323 g/mol. The van der Waals surface area contributed by atoms with Crippen LogP contribution in [0.3, 0.4) is 0 Å².